The molecule has 0 aliphatic heterocycles. The Balaban J connectivity index is 1.77. The lowest BCUT2D eigenvalue weighted by Gasteiger charge is -2.35. The number of nitrogens with one attached hydrogen (secondary N) is 1. The summed E-state index contributed by atoms with van der Waals surface area (Å²) in [6.45, 7) is 0. The van der Waals surface area contributed by atoms with Gasteiger partial charge in [-0.1, -0.05) is 6.42 Å². The number of anilines is 1. The summed E-state index contributed by atoms with van der Waals surface area (Å²) in [6.07, 6.45) is 3.35. The van der Waals surface area contributed by atoms with Crippen molar-refractivity contribution in [1.29, 1.82) is 0 Å². The first-order valence-corrected chi connectivity index (χ1v) is 9.37. The van der Waals surface area contributed by atoms with Gasteiger partial charge in [-0.3, -0.25) is 14.9 Å². The van der Waals surface area contributed by atoms with Crippen LogP contribution in [0.1, 0.15) is 42.5 Å². The van der Waals surface area contributed by atoms with E-state index in [1.165, 1.54) is 31.4 Å². The zero-order chi connectivity index (χ0) is 20.9. The number of nitrogens with zero attached hydrogens (tertiary/aromatic N) is 1. The molecule has 0 radical (unpaired) electrons. The summed E-state index contributed by atoms with van der Waals surface area (Å²) in [7, 11) is 1.53. The zero-order valence-electron chi connectivity index (χ0n) is 16.1. The molecule has 0 heterocycles. The van der Waals surface area contributed by atoms with Crippen LogP contribution in [-0.4, -0.2) is 29.5 Å². The molecular formula is C21H22N2O6. The summed E-state index contributed by atoms with van der Waals surface area (Å²) in [5, 5.41) is 13.5. The second-order valence-corrected chi connectivity index (χ2v) is 6.93. The minimum atomic E-state index is -1.27. The molecule has 0 bridgehead atoms. The number of benzene rings is 2. The highest BCUT2D eigenvalue weighted by Gasteiger charge is 2.43. The molecule has 1 aliphatic rings. The molecule has 0 aromatic heterocycles. The Morgan fingerprint density at radius 3 is 2.17 bits per heavy atom. The SMILES string of the molecule is COc1ccc(C(=O)OC2(C(=O)Nc3ccc([N+](=O)[O-])cc3)CCCCC2)cc1. The van der Waals surface area contributed by atoms with Gasteiger partial charge in [0, 0.05) is 17.8 Å². The molecule has 0 atom stereocenters. The van der Waals surface area contributed by atoms with Gasteiger partial charge in [-0.05, 0) is 62.1 Å². The summed E-state index contributed by atoms with van der Waals surface area (Å²) in [4.78, 5) is 36.0. The van der Waals surface area contributed by atoms with Crippen molar-refractivity contribution >= 4 is 23.3 Å². The molecular weight excluding hydrogens is 376 g/mol. The van der Waals surface area contributed by atoms with Gasteiger partial charge in [0.2, 0.25) is 0 Å². The Labute approximate surface area is 168 Å². The third-order valence-electron chi connectivity index (χ3n) is 5.02. The number of rotatable bonds is 6. The number of ether oxygens (including phenoxy) is 2. The molecule has 29 heavy (non-hydrogen) atoms. The summed E-state index contributed by atoms with van der Waals surface area (Å²) >= 11 is 0. The van der Waals surface area contributed by atoms with Gasteiger partial charge in [-0.2, -0.15) is 0 Å². The van der Waals surface area contributed by atoms with Crippen molar-refractivity contribution in [3.8, 4) is 5.75 Å². The van der Waals surface area contributed by atoms with Crippen LogP contribution in [0.5, 0.6) is 5.75 Å². The van der Waals surface area contributed by atoms with E-state index in [9.17, 15) is 19.7 Å². The molecule has 1 amide bonds. The zero-order valence-corrected chi connectivity index (χ0v) is 16.1. The molecule has 152 valence electrons. The quantitative estimate of drug-likeness (QED) is 0.446. The smallest absolute Gasteiger partial charge is 0.339 e. The largest absolute Gasteiger partial charge is 0.497 e. The number of nitro benzene ring substituents is 1. The maximum Gasteiger partial charge on any atom is 0.339 e. The number of carbonyl (C=O) groups excluding carboxylic acids is 2. The van der Waals surface area contributed by atoms with Crippen molar-refractivity contribution < 1.29 is 24.0 Å². The number of hydrogen-bond donors (Lipinski definition) is 1. The van der Waals surface area contributed by atoms with E-state index < -0.39 is 22.4 Å². The Morgan fingerprint density at radius 2 is 1.62 bits per heavy atom. The van der Waals surface area contributed by atoms with Crippen LogP contribution in [0.3, 0.4) is 0 Å². The molecule has 3 rings (SSSR count). The number of carbonyl (C=O) groups is 2. The van der Waals surface area contributed by atoms with Gasteiger partial charge in [0.05, 0.1) is 17.6 Å². The molecule has 8 nitrogen and oxygen atoms in total. The molecule has 1 saturated carbocycles. The summed E-state index contributed by atoms with van der Waals surface area (Å²) in [5.41, 5.74) is -0.594. The fourth-order valence-corrected chi connectivity index (χ4v) is 3.37. The van der Waals surface area contributed by atoms with Gasteiger partial charge in [0.1, 0.15) is 5.75 Å². The van der Waals surface area contributed by atoms with E-state index in [4.69, 9.17) is 9.47 Å². The number of nitro groups is 1. The summed E-state index contributed by atoms with van der Waals surface area (Å²) in [5.74, 6) is -0.383. The minimum Gasteiger partial charge on any atom is -0.497 e. The van der Waals surface area contributed by atoms with Crippen LogP contribution in [0, 0.1) is 10.1 Å². The Hall–Kier alpha value is -3.42. The van der Waals surface area contributed by atoms with Crippen LogP contribution >= 0.6 is 0 Å². The summed E-state index contributed by atoms with van der Waals surface area (Å²) < 4.78 is 10.8. The minimum absolute atomic E-state index is 0.0682. The highest BCUT2D eigenvalue weighted by atomic mass is 16.6. The van der Waals surface area contributed by atoms with Crippen LogP contribution in [0.2, 0.25) is 0 Å². The molecule has 2 aromatic rings. The van der Waals surface area contributed by atoms with Crippen molar-refractivity contribution in [3.05, 3.63) is 64.2 Å². The molecule has 0 spiro atoms. The maximum absolute atomic E-state index is 13.0. The average molecular weight is 398 g/mol. The van der Waals surface area contributed by atoms with E-state index in [0.717, 1.165) is 19.3 Å². The normalized spacial score (nSPS) is 15.2. The number of methoxy groups -OCH3 is 1. The highest BCUT2D eigenvalue weighted by molar-refractivity contribution is 6.00. The van der Waals surface area contributed by atoms with Gasteiger partial charge >= 0.3 is 5.97 Å². The molecule has 1 fully saturated rings. The fraction of sp³-hybridized carbons (Fsp3) is 0.333. The first kappa shape index (κ1) is 20.3. The van der Waals surface area contributed by atoms with E-state index in [1.807, 2.05) is 0 Å². The Kier molecular flexibility index (Phi) is 6.11. The molecule has 1 N–H and O–H groups in total. The van der Waals surface area contributed by atoms with E-state index >= 15 is 0 Å². The van der Waals surface area contributed by atoms with Gasteiger partial charge < -0.3 is 14.8 Å². The predicted octanol–water partition coefficient (Wildman–Crippen LogP) is 4.10. The van der Waals surface area contributed by atoms with Crippen LogP contribution in [0.25, 0.3) is 0 Å². The number of hydrogen-bond acceptors (Lipinski definition) is 6. The van der Waals surface area contributed by atoms with Crippen molar-refractivity contribution in [2.24, 2.45) is 0 Å². The second-order valence-electron chi connectivity index (χ2n) is 6.93. The van der Waals surface area contributed by atoms with Crippen molar-refractivity contribution in [2.45, 2.75) is 37.7 Å². The lowest BCUT2D eigenvalue weighted by Crippen LogP contribution is -2.48. The van der Waals surface area contributed by atoms with Crippen molar-refractivity contribution in [2.75, 3.05) is 12.4 Å². The standard InChI is InChI=1S/C21H22N2O6/c1-28-18-11-5-15(6-12-18)19(24)29-21(13-3-2-4-14-21)20(25)22-16-7-9-17(10-8-16)23(26)27/h5-12H,2-4,13-14H2,1H3,(H,22,25). The average Bonchev–Trinajstić information content (AvgIpc) is 2.74. The molecule has 1 aliphatic carbocycles. The summed E-state index contributed by atoms with van der Waals surface area (Å²) in [6, 6.07) is 12.0. The molecule has 2 aromatic carbocycles. The lowest BCUT2D eigenvalue weighted by molar-refractivity contribution is -0.384. The van der Waals surface area contributed by atoms with Gasteiger partial charge in [0.15, 0.2) is 5.60 Å². The van der Waals surface area contributed by atoms with Crippen LogP contribution in [0.15, 0.2) is 48.5 Å². The van der Waals surface area contributed by atoms with Gasteiger partial charge in [-0.25, -0.2) is 4.79 Å². The van der Waals surface area contributed by atoms with Crippen molar-refractivity contribution in [3.63, 3.8) is 0 Å². The number of non-ortho nitro benzene ring substituents is 1. The monoisotopic (exact) mass is 398 g/mol. The van der Waals surface area contributed by atoms with E-state index in [2.05, 4.69) is 5.32 Å². The van der Waals surface area contributed by atoms with Gasteiger partial charge in [-0.15, -0.1) is 0 Å². The van der Waals surface area contributed by atoms with E-state index in [0.29, 0.717) is 29.8 Å². The highest BCUT2D eigenvalue weighted by Crippen LogP contribution is 2.34. The third-order valence-corrected chi connectivity index (χ3v) is 5.02. The molecule has 8 heteroatoms. The van der Waals surface area contributed by atoms with E-state index in [-0.39, 0.29) is 5.69 Å². The molecule has 0 saturated heterocycles. The van der Waals surface area contributed by atoms with Crippen LogP contribution in [0.4, 0.5) is 11.4 Å². The fourth-order valence-electron chi connectivity index (χ4n) is 3.37. The topological polar surface area (TPSA) is 108 Å². The van der Waals surface area contributed by atoms with Crippen molar-refractivity contribution in [1.82, 2.24) is 0 Å². The number of amides is 1. The maximum atomic E-state index is 13.0. The van der Waals surface area contributed by atoms with E-state index in [1.54, 1.807) is 24.3 Å². The first-order valence-electron chi connectivity index (χ1n) is 9.37. The second kappa shape index (κ2) is 8.72. The van der Waals surface area contributed by atoms with Gasteiger partial charge in [0.25, 0.3) is 11.6 Å². The van der Waals surface area contributed by atoms with Crippen LogP contribution < -0.4 is 10.1 Å². The molecule has 0 unspecified atom stereocenters. The predicted molar refractivity (Wildman–Crippen MR) is 106 cm³/mol. The number of esters is 1. The Bertz CT molecular complexity index is 886. The van der Waals surface area contributed by atoms with Crippen LogP contribution in [-0.2, 0) is 9.53 Å². The third kappa shape index (κ3) is 4.71. The first-order chi connectivity index (χ1) is 13.9. The Morgan fingerprint density at radius 1 is 1.00 bits per heavy atom. The lowest BCUT2D eigenvalue weighted by atomic mass is 9.83.